The lowest BCUT2D eigenvalue weighted by Gasteiger charge is -2.07. The largest absolute Gasteiger partial charge is 0.506 e. The number of hydrogen-bond donors (Lipinski definition) is 1. The zero-order chi connectivity index (χ0) is 12.0. The molecule has 0 fully saturated rings. The van der Waals surface area contributed by atoms with Crippen LogP contribution in [0.3, 0.4) is 0 Å². The van der Waals surface area contributed by atoms with Crippen LogP contribution in [0, 0.1) is 6.92 Å². The molecule has 0 spiro atoms. The predicted octanol–water partition coefficient (Wildman–Crippen LogP) is -0.354. The summed E-state index contributed by atoms with van der Waals surface area (Å²) in [6, 6.07) is 1.38. The van der Waals surface area contributed by atoms with E-state index in [9.17, 15) is 14.7 Å². The second kappa shape index (κ2) is 3.19. The van der Waals surface area contributed by atoms with Gasteiger partial charge >= 0.3 is 5.69 Å². The van der Waals surface area contributed by atoms with Crippen molar-refractivity contribution in [3.63, 3.8) is 0 Å². The normalized spacial score (nSPS) is 10.9. The Morgan fingerprint density at radius 3 is 2.50 bits per heavy atom. The number of aromatic hydroxyl groups is 1. The predicted molar refractivity (Wildman–Crippen MR) is 58.6 cm³/mol. The molecule has 2 rings (SSSR count). The molecular formula is C10H11N3O3. The van der Waals surface area contributed by atoms with Crippen molar-refractivity contribution < 1.29 is 5.11 Å². The molecule has 84 valence electrons. The maximum atomic E-state index is 11.8. The van der Waals surface area contributed by atoms with Crippen molar-refractivity contribution in [2.24, 2.45) is 14.1 Å². The molecule has 0 radical (unpaired) electrons. The molecule has 0 saturated heterocycles. The number of aromatic nitrogens is 3. The minimum Gasteiger partial charge on any atom is -0.506 e. The van der Waals surface area contributed by atoms with E-state index in [0.29, 0.717) is 11.2 Å². The molecule has 1 N–H and O–H groups in total. The van der Waals surface area contributed by atoms with E-state index in [0.717, 1.165) is 4.57 Å². The molecule has 2 aromatic rings. The van der Waals surface area contributed by atoms with Crippen LogP contribution in [0.5, 0.6) is 5.75 Å². The van der Waals surface area contributed by atoms with Crippen molar-refractivity contribution in [3.05, 3.63) is 32.6 Å². The Balaban J connectivity index is 3.16. The van der Waals surface area contributed by atoms with E-state index in [1.807, 2.05) is 0 Å². The Bertz CT molecular complexity index is 697. The topological polar surface area (TPSA) is 77.1 Å². The summed E-state index contributed by atoms with van der Waals surface area (Å²) in [6.07, 6.45) is 0. The van der Waals surface area contributed by atoms with E-state index >= 15 is 0 Å². The molecule has 0 amide bonds. The van der Waals surface area contributed by atoms with Gasteiger partial charge in [-0.3, -0.25) is 13.9 Å². The molecule has 16 heavy (non-hydrogen) atoms. The lowest BCUT2D eigenvalue weighted by Crippen LogP contribution is -2.37. The standard InChI is InChI=1S/C10H11N3O3/c1-5-7(14)4-6-8(11-5)9(15)13(3)10(16)12(6)2/h4,14H,1-3H3. The number of pyridine rings is 1. The summed E-state index contributed by atoms with van der Waals surface area (Å²) in [5.74, 6) is -0.0317. The Kier molecular flexibility index (Phi) is 2.08. The van der Waals surface area contributed by atoms with Gasteiger partial charge in [0.05, 0.1) is 11.2 Å². The summed E-state index contributed by atoms with van der Waals surface area (Å²) >= 11 is 0. The van der Waals surface area contributed by atoms with Crippen molar-refractivity contribution in [1.29, 1.82) is 0 Å². The maximum Gasteiger partial charge on any atom is 0.331 e. The zero-order valence-corrected chi connectivity index (χ0v) is 9.18. The first-order chi connectivity index (χ1) is 7.43. The van der Waals surface area contributed by atoms with Gasteiger partial charge in [-0.25, -0.2) is 9.78 Å². The number of aryl methyl sites for hydroxylation is 2. The molecule has 2 heterocycles. The van der Waals surface area contributed by atoms with Crippen LogP contribution < -0.4 is 11.2 Å². The third-order valence-corrected chi connectivity index (χ3v) is 2.61. The molecule has 0 aliphatic rings. The molecule has 0 aromatic carbocycles. The molecular weight excluding hydrogens is 210 g/mol. The number of rotatable bonds is 0. The summed E-state index contributed by atoms with van der Waals surface area (Å²) < 4.78 is 2.27. The Morgan fingerprint density at radius 2 is 1.88 bits per heavy atom. The van der Waals surface area contributed by atoms with Gasteiger partial charge in [-0.1, -0.05) is 0 Å². The quantitative estimate of drug-likeness (QED) is 0.659. The first-order valence-corrected chi connectivity index (χ1v) is 4.70. The number of fused-ring (bicyclic) bond motifs is 1. The fourth-order valence-electron chi connectivity index (χ4n) is 1.57. The number of hydrogen-bond acceptors (Lipinski definition) is 4. The van der Waals surface area contributed by atoms with Gasteiger partial charge in [-0.05, 0) is 6.92 Å². The smallest absolute Gasteiger partial charge is 0.331 e. The average molecular weight is 221 g/mol. The van der Waals surface area contributed by atoms with Gasteiger partial charge in [0.15, 0.2) is 5.52 Å². The highest BCUT2D eigenvalue weighted by Crippen LogP contribution is 2.17. The Labute approximate surface area is 90.4 Å². The van der Waals surface area contributed by atoms with E-state index < -0.39 is 11.2 Å². The van der Waals surface area contributed by atoms with Gasteiger partial charge in [0.1, 0.15) is 5.75 Å². The third kappa shape index (κ3) is 1.23. The molecule has 2 aromatic heterocycles. The van der Waals surface area contributed by atoms with E-state index in [1.54, 1.807) is 6.92 Å². The highest BCUT2D eigenvalue weighted by atomic mass is 16.3. The van der Waals surface area contributed by atoms with Gasteiger partial charge in [0.2, 0.25) is 0 Å². The SMILES string of the molecule is Cc1nc2c(=O)n(C)c(=O)n(C)c2cc1O. The van der Waals surface area contributed by atoms with Crippen LogP contribution >= 0.6 is 0 Å². The first-order valence-electron chi connectivity index (χ1n) is 4.70. The van der Waals surface area contributed by atoms with Crippen molar-refractivity contribution in [1.82, 2.24) is 14.1 Å². The van der Waals surface area contributed by atoms with Gasteiger partial charge in [0, 0.05) is 20.2 Å². The van der Waals surface area contributed by atoms with Crippen LogP contribution in [0.4, 0.5) is 0 Å². The van der Waals surface area contributed by atoms with E-state index in [-0.39, 0.29) is 11.3 Å². The van der Waals surface area contributed by atoms with Crippen LogP contribution in [0.2, 0.25) is 0 Å². The number of nitrogens with zero attached hydrogens (tertiary/aromatic N) is 3. The summed E-state index contributed by atoms with van der Waals surface area (Å²) in [5, 5.41) is 9.51. The summed E-state index contributed by atoms with van der Waals surface area (Å²) in [7, 11) is 2.93. The monoisotopic (exact) mass is 221 g/mol. The fraction of sp³-hybridized carbons (Fsp3) is 0.300. The van der Waals surface area contributed by atoms with E-state index in [1.165, 1.54) is 24.7 Å². The lowest BCUT2D eigenvalue weighted by molar-refractivity contribution is 0.468. The van der Waals surface area contributed by atoms with Crippen molar-refractivity contribution >= 4 is 11.0 Å². The summed E-state index contributed by atoms with van der Waals surface area (Å²) in [4.78, 5) is 27.4. The highest BCUT2D eigenvalue weighted by Gasteiger charge is 2.11. The van der Waals surface area contributed by atoms with Crippen molar-refractivity contribution in [2.45, 2.75) is 6.92 Å². The molecule has 0 saturated carbocycles. The van der Waals surface area contributed by atoms with Gasteiger partial charge < -0.3 is 5.11 Å². The second-order valence-electron chi connectivity index (χ2n) is 3.67. The highest BCUT2D eigenvalue weighted by molar-refractivity contribution is 5.75. The second-order valence-corrected chi connectivity index (χ2v) is 3.67. The minimum atomic E-state index is -0.457. The van der Waals surface area contributed by atoms with Crippen LogP contribution in [-0.4, -0.2) is 19.2 Å². The van der Waals surface area contributed by atoms with Crippen LogP contribution in [0.25, 0.3) is 11.0 Å². The lowest BCUT2D eigenvalue weighted by atomic mass is 10.3. The molecule has 6 nitrogen and oxygen atoms in total. The van der Waals surface area contributed by atoms with Crippen LogP contribution in [0.15, 0.2) is 15.7 Å². The molecule has 0 unspecified atom stereocenters. The van der Waals surface area contributed by atoms with Crippen molar-refractivity contribution in [2.75, 3.05) is 0 Å². The molecule has 0 aliphatic carbocycles. The molecule has 0 bridgehead atoms. The minimum absolute atomic E-state index is 0.0317. The fourth-order valence-corrected chi connectivity index (χ4v) is 1.57. The average Bonchev–Trinajstić information content (AvgIpc) is 2.26. The Hall–Kier alpha value is -2.11. The molecule has 0 atom stereocenters. The van der Waals surface area contributed by atoms with E-state index in [4.69, 9.17) is 0 Å². The molecule has 6 heteroatoms. The van der Waals surface area contributed by atoms with Gasteiger partial charge in [0.25, 0.3) is 5.56 Å². The first kappa shape index (κ1) is 10.4. The Morgan fingerprint density at radius 1 is 1.25 bits per heavy atom. The van der Waals surface area contributed by atoms with E-state index in [2.05, 4.69) is 4.98 Å². The van der Waals surface area contributed by atoms with Crippen molar-refractivity contribution in [3.8, 4) is 5.75 Å². The van der Waals surface area contributed by atoms with Crippen LogP contribution in [0.1, 0.15) is 5.69 Å². The van der Waals surface area contributed by atoms with Gasteiger partial charge in [-0.2, -0.15) is 0 Å². The summed E-state index contributed by atoms with van der Waals surface area (Å²) in [5.41, 5.74) is -0.0249. The molecule has 0 aliphatic heterocycles. The van der Waals surface area contributed by atoms with Crippen LogP contribution in [-0.2, 0) is 14.1 Å². The summed E-state index contributed by atoms with van der Waals surface area (Å²) in [6.45, 7) is 1.60. The third-order valence-electron chi connectivity index (χ3n) is 2.61. The van der Waals surface area contributed by atoms with Gasteiger partial charge in [-0.15, -0.1) is 0 Å². The zero-order valence-electron chi connectivity index (χ0n) is 9.18. The maximum absolute atomic E-state index is 11.8.